The molecule has 1 aliphatic heterocycles. The van der Waals surface area contributed by atoms with Crippen LogP contribution in [0.25, 0.3) is 0 Å². The molecular weight excluding hydrogens is 476 g/mol. The van der Waals surface area contributed by atoms with E-state index in [2.05, 4.69) is 33.9 Å². The molecule has 4 atom stereocenters. The maximum Gasteiger partial charge on any atom is 0.243 e. The summed E-state index contributed by atoms with van der Waals surface area (Å²) in [5.74, 6) is -1.35. The van der Waals surface area contributed by atoms with Gasteiger partial charge in [-0.15, -0.1) is 0 Å². The van der Waals surface area contributed by atoms with Crippen LogP contribution in [-0.2, 0) is 32.0 Å². The summed E-state index contributed by atoms with van der Waals surface area (Å²) < 4.78 is 0. The minimum Gasteiger partial charge on any atom is -0.351 e. The van der Waals surface area contributed by atoms with Gasteiger partial charge in [0.25, 0.3) is 0 Å². The molecule has 192 valence electrons. The van der Waals surface area contributed by atoms with E-state index in [0.29, 0.717) is 19.3 Å². The van der Waals surface area contributed by atoms with E-state index in [-0.39, 0.29) is 36.3 Å². The first-order chi connectivity index (χ1) is 17.4. The third-order valence-electron chi connectivity index (χ3n) is 6.10. The largest absolute Gasteiger partial charge is 0.351 e. The molecule has 1 fully saturated rings. The summed E-state index contributed by atoms with van der Waals surface area (Å²) in [5, 5.41) is 11.4. The quantitative estimate of drug-likeness (QED) is 0.379. The standard InChI is InChI=1S/C27H34N4O4S/c1-2-22-26(34)28-20(13-18-9-5-3-6-10-18)16-25(33)31-23(17-36)27(35)29-21(15-24(32)30-22)14-19-11-7-4-8-12-19/h3-12,20-23,36H,2,13-17H2,1H3,(H,28,34)(H,29,35)(H,30,32)(H,31,33)/t20-,21-,22-,23-/m0/s1. The zero-order valence-corrected chi connectivity index (χ0v) is 21.3. The highest BCUT2D eigenvalue weighted by molar-refractivity contribution is 7.80. The number of carbonyl (C=O) groups is 4. The van der Waals surface area contributed by atoms with E-state index < -0.39 is 30.1 Å². The summed E-state index contributed by atoms with van der Waals surface area (Å²) in [6, 6.07) is 16.4. The molecule has 1 aliphatic rings. The number of nitrogens with one attached hydrogen (secondary N) is 4. The van der Waals surface area contributed by atoms with Crippen molar-refractivity contribution in [2.45, 2.75) is 63.2 Å². The highest BCUT2D eigenvalue weighted by Crippen LogP contribution is 2.10. The predicted molar refractivity (Wildman–Crippen MR) is 141 cm³/mol. The molecule has 8 nitrogen and oxygen atoms in total. The van der Waals surface area contributed by atoms with E-state index in [0.717, 1.165) is 11.1 Å². The van der Waals surface area contributed by atoms with Crippen LogP contribution in [0.3, 0.4) is 0 Å². The van der Waals surface area contributed by atoms with Gasteiger partial charge >= 0.3 is 0 Å². The van der Waals surface area contributed by atoms with E-state index >= 15 is 0 Å². The minimum absolute atomic E-state index is 0.00883. The van der Waals surface area contributed by atoms with Crippen LogP contribution >= 0.6 is 12.6 Å². The molecule has 3 rings (SSSR count). The summed E-state index contributed by atoms with van der Waals surface area (Å²) in [5.41, 5.74) is 1.91. The Bertz CT molecular complexity index is 951. The summed E-state index contributed by atoms with van der Waals surface area (Å²) in [7, 11) is 0. The lowest BCUT2D eigenvalue weighted by Crippen LogP contribution is -2.55. The Morgan fingerprint density at radius 2 is 1.08 bits per heavy atom. The zero-order valence-electron chi connectivity index (χ0n) is 20.4. The summed E-state index contributed by atoms with van der Waals surface area (Å²) in [6.45, 7) is 1.81. The first-order valence-corrected chi connectivity index (χ1v) is 12.9. The number of rotatable bonds is 6. The van der Waals surface area contributed by atoms with Gasteiger partial charge in [-0.3, -0.25) is 19.2 Å². The highest BCUT2D eigenvalue weighted by Gasteiger charge is 2.29. The van der Waals surface area contributed by atoms with Crippen molar-refractivity contribution >= 4 is 36.3 Å². The predicted octanol–water partition coefficient (Wildman–Crippen LogP) is 1.54. The van der Waals surface area contributed by atoms with Crippen molar-refractivity contribution in [2.24, 2.45) is 0 Å². The molecular formula is C27H34N4O4S. The average molecular weight is 511 g/mol. The Hall–Kier alpha value is -3.33. The van der Waals surface area contributed by atoms with Gasteiger partial charge in [0.15, 0.2) is 0 Å². The number of hydrogen-bond donors (Lipinski definition) is 5. The Balaban J connectivity index is 1.83. The van der Waals surface area contributed by atoms with E-state index in [1.54, 1.807) is 0 Å². The van der Waals surface area contributed by atoms with Gasteiger partial charge < -0.3 is 21.3 Å². The lowest BCUT2D eigenvalue weighted by atomic mass is 10.0. The fourth-order valence-corrected chi connectivity index (χ4v) is 4.51. The van der Waals surface area contributed by atoms with Crippen LogP contribution < -0.4 is 21.3 Å². The number of thiol groups is 1. The minimum atomic E-state index is -0.874. The molecule has 0 bridgehead atoms. The lowest BCUT2D eigenvalue weighted by molar-refractivity contribution is -0.132. The lowest BCUT2D eigenvalue weighted by Gasteiger charge is -2.27. The number of benzene rings is 2. The molecule has 9 heteroatoms. The van der Waals surface area contributed by atoms with Crippen LogP contribution in [0.4, 0.5) is 0 Å². The molecule has 0 saturated carbocycles. The Morgan fingerprint density at radius 3 is 1.50 bits per heavy atom. The SMILES string of the molecule is CC[C@@H]1NC(=O)C[C@H](Cc2ccccc2)NC(=O)[C@H](CS)NC(=O)C[C@H](Cc2ccccc2)NC1=O. The molecule has 0 radical (unpaired) electrons. The van der Waals surface area contributed by atoms with E-state index in [9.17, 15) is 19.2 Å². The van der Waals surface area contributed by atoms with Gasteiger partial charge in [0.1, 0.15) is 12.1 Å². The molecule has 4 amide bonds. The first-order valence-electron chi connectivity index (χ1n) is 12.3. The van der Waals surface area contributed by atoms with Gasteiger partial charge in [0.2, 0.25) is 23.6 Å². The van der Waals surface area contributed by atoms with Gasteiger partial charge in [-0.2, -0.15) is 12.6 Å². The first kappa shape index (κ1) is 27.3. The second kappa shape index (κ2) is 13.7. The van der Waals surface area contributed by atoms with Gasteiger partial charge in [0, 0.05) is 30.7 Å². The van der Waals surface area contributed by atoms with Crippen molar-refractivity contribution < 1.29 is 19.2 Å². The Labute approximate surface area is 217 Å². The molecule has 1 saturated heterocycles. The Kier molecular flexibility index (Phi) is 10.4. The Morgan fingerprint density at radius 1 is 0.667 bits per heavy atom. The van der Waals surface area contributed by atoms with Crippen LogP contribution in [0.15, 0.2) is 60.7 Å². The van der Waals surface area contributed by atoms with Crippen molar-refractivity contribution in [1.29, 1.82) is 0 Å². The molecule has 2 aromatic carbocycles. The number of amides is 4. The molecule has 0 unspecified atom stereocenters. The van der Waals surface area contributed by atoms with Crippen molar-refractivity contribution in [3.05, 3.63) is 71.8 Å². The molecule has 0 aromatic heterocycles. The molecule has 0 spiro atoms. The number of hydrogen-bond acceptors (Lipinski definition) is 5. The van der Waals surface area contributed by atoms with Gasteiger partial charge in [0.05, 0.1) is 0 Å². The van der Waals surface area contributed by atoms with E-state index in [1.165, 1.54) is 0 Å². The van der Waals surface area contributed by atoms with Crippen LogP contribution in [0.2, 0.25) is 0 Å². The van der Waals surface area contributed by atoms with Gasteiger partial charge in [-0.05, 0) is 30.4 Å². The van der Waals surface area contributed by atoms with Gasteiger partial charge in [-0.1, -0.05) is 67.6 Å². The molecule has 2 aromatic rings. The highest BCUT2D eigenvalue weighted by atomic mass is 32.1. The second-order valence-electron chi connectivity index (χ2n) is 9.03. The van der Waals surface area contributed by atoms with Gasteiger partial charge in [-0.25, -0.2) is 0 Å². The van der Waals surface area contributed by atoms with E-state index in [4.69, 9.17) is 0 Å². The topological polar surface area (TPSA) is 116 Å². The molecule has 1 heterocycles. The molecule has 4 N–H and O–H groups in total. The maximum absolute atomic E-state index is 13.1. The van der Waals surface area contributed by atoms with E-state index in [1.807, 2.05) is 67.6 Å². The third-order valence-corrected chi connectivity index (χ3v) is 6.47. The van der Waals surface area contributed by atoms with Crippen LogP contribution in [-0.4, -0.2) is 53.5 Å². The third kappa shape index (κ3) is 8.41. The summed E-state index contributed by atoms with van der Waals surface area (Å²) in [4.78, 5) is 51.9. The summed E-state index contributed by atoms with van der Waals surface area (Å²) >= 11 is 4.26. The van der Waals surface area contributed by atoms with Crippen molar-refractivity contribution in [1.82, 2.24) is 21.3 Å². The monoisotopic (exact) mass is 510 g/mol. The fourth-order valence-electron chi connectivity index (χ4n) is 4.25. The second-order valence-corrected chi connectivity index (χ2v) is 9.39. The average Bonchev–Trinajstić information content (AvgIpc) is 2.86. The van der Waals surface area contributed by atoms with Crippen molar-refractivity contribution in [3.63, 3.8) is 0 Å². The zero-order chi connectivity index (χ0) is 25.9. The number of carbonyl (C=O) groups excluding carboxylic acids is 4. The maximum atomic E-state index is 13.1. The van der Waals surface area contributed by atoms with Crippen molar-refractivity contribution in [3.8, 4) is 0 Å². The molecule has 0 aliphatic carbocycles. The van der Waals surface area contributed by atoms with Crippen LogP contribution in [0, 0.1) is 0 Å². The van der Waals surface area contributed by atoms with Crippen molar-refractivity contribution in [2.75, 3.05) is 5.75 Å². The van der Waals surface area contributed by atoms with Crippen LogP contribution in [0.5, 0.6) is 0 Å². The van der Waals surface area contributed by atoms with Crippen LogP contribution in [0.1, 0.15) is 37.3 Å². The summed E-state index contributed by atoms with van der Waals surface area (Å²) in [6.07, 6.45) is 1.22. The normalized spacial score (nSPS) is 24.1. The molecule has 36 heavy (non-hydrogen) atoms. The smallest absolute Gasteiger partial charge is 0.243 e. The fraction of sp³-hybridized carbons (Fsp3) is 0.407.